The minimum atomic E-state index is -2.03. The second kappa shape index (κ2) is 17.2. The third-order valence-electron chi connectivity index (χ3n) is 5.25. The predicted octanol–water partition coefficient (Wildman–Crippen LogP) is 2.84. The van der Waals surface area contributed by atoms with Crippen LogP contribution < -0.4 is 0 Å². The molecule has 0 aliphatic heterocycles. The van der Waals surface area contributed by atoms with Crippen molar-refractivity contribution in [2.24, 2.45) is 0 Å². The summed E-state index contributed by atoms with van der Waals surface area (Å²) in [7, 11) is 0. The van der Waals surface area contributed by atoms with Crippen LogP contribution in [0.25, 0.3) is 0 Å². The summed E-state index contributed by atoms with van der Waals surface area (Å²) in [6.45, 7) is -0.639. The van der Waals surface area contributed by atoms with Crippen molar-refractivity contribution in [3.8, 4) is 36.4 Å². The Morgan fingerprint density at radius 2 is 0.667 bits per heavy atom. The normalized spacial score (nSPS) is 16.8. The molecule has 0 atom stereocenters. The van der Waals surface area contributed by atoms with Gasteiger partial charge in [0.1, 0.15) is 0 Å². The third-order valence-corrected chi connectivity index (χ3v) is 5.25. The highest BCUT2D eigenvalue weighted by Crippen LogP contribution is 2.53. The lowest BCUT2D eigenvalue weighted by atomic mass is 9.80. The van der Waals surface area contributed by atoms with Crippen molar-refractivity contribution >= 4 is 0 Å². The van der Waals surface area contributed by atoms with E-state index in [-0.39, 0.29) is 91.0 Å². The molecule has 192 valence electrons. The minimum absolute atomic E-state index is 0.00735. The summed E-state index contributed by atoms with van der Waals surface area (Å²) in [6.07, 6.45) is 0.733. The molecule has 0 aromatic heterocycles. The van der Waals surface area contributed by atoms with Crippen LogP contribution in [0.4, 0.5) is 0 Å². The van der Waals surface area contributed by atoms with Gasteiger partial charge in [-0.25, -0.2) is 0 Å². The summed E-state index contributed by atoms with van der Waals surface area (Å²) in [5.74, 6) is -5.55. The van der Waals surface area contributed by atoms with E-state index in [1.807, 2.05) is 36.4 Å². The smallest absolute Gasteiger partial charge is 0.279 e. The van der Waals surface area contributed by atoms with E-state index >= 15 is 0 Å². The molecule has 0 amide bonds. The van der Waals surface area contributed by atoms with Gasteiger partial charge in [0.25, 0.3) is 5.79 Å². The van der Waals surface area contributed by atoms with E-state index in [1.54, 1.807) is 0 Å². The van der Waals surface area contributed by atoms with Gasteiger partial charge in [0.2, 0.25) is 11.6 Å². The zero-order chi connectivity index (χ0) is 26.6. The molecule has 0 saturated heterocycles. The SMILES string of the molecule is N#CCCOC1(OCCC#N)CCCC(OCCC#N)(OCCC#N)C1(OCCC#N)OCCC#N. The monoisotopic (exact) mass is 498 g/mol. The Bertz CT molecular complexity index is 802. The first kappa shape index (κ1) is 30.7. The zero-order valence-corrected chi connectivity index (χ0v) is 20.2. The Kier molecular flexibility index (Phi) is 14.7. The summed E-state index contributed by atoms with van der Waals surface area (Å²) in [4.78, 5) is 0. The molecule has 1 aliphatic carbocycles. The first-order valence-electron chi connectivity index (χ1n) is 11.6. The zero-order valence-electron chi connectivity index (χ0n) is 20.2. The van der Waals surface area contributed by atoms with Gasteiger partial charge in [0.05, 0.1) is 115 Å². The molecule has 0 N–H and O–H groups in total. The number of ether oxygens (including phenoxy) is 6. The standard InChI is InChI=1S/C24H30N6O6/c25-10-2-16-31-22(32-17-3-11-26)8-1-9-23(33-18-4-12-27,34-19-5-13-28)24(22,35-20-6-14-29)36-21-7-15-30/h1-9,16-21H2. The molecule has 0 aromatic rings. The summed E-state index contributed by atoms with van der Waals surface area (Å²) < 4.78 is 37.0. The predicted molar refractivity (Wildman–Crippen MR) is 119 cm³/mol. The molecular weight excluding hydrogens is 468 g/mol. The van der Waals surface area contributed by atoms with Gasteiger partial charge in [-0.15, -0.1) is 0 Å². The van der Waals surface area contributed by atoms with Crippen molar-refractivity contribution in [2.45, 2.75) is 75.1 Å². The molecule has 12 heteroatoms. The van der Waals surface area contributed by atoms with Gasteiger partial charge < -0.3 is 28.4 Å². The maximum Gasteiger partial charge on any atom is 0.279 e. The van der Waals surface area contributed by atoms with Gasteiger partial charge in [-0.2, -0.15) is 31.6 Å². The van der Waals surface area contributed by atoms with Crippen molar-refractivity contribution < 1.29 is 28.4 Å². The van der Waals surface area contributed by atoms with Gasteiger partial charge in [-0.3, -0.25) is 0 Å². The van der Waals surface area contributed by atoms with Crippen LogP contribution >= 0.6 is 0 Å². The first-order chi connectivity index (χ1) is 17.6. The molecule has 1 fully saturated rings. The van der Waals surface area contributed by atoms with Crippen molar-refractivity contribution in [3.63, 3.8) is 0 Å². The summed E-state index contributed by atoms with van der Waals surface area (Å²) in [5, 5.41) is 54.7. The van der Waals surface area contributed by atoms with Gasteiger partial charge in [-0.05, 0) is 6.42 Å². The van der Waals surface area contributed by atoms with E-state index in [2.05, 4.69) is 0 Å². The van der Waals surface area contributed by atoms with Crippen molar-refractivity contribution in [2.75, 3.05) is 39.6 Å². The fourth-order valence-corrected chi connectivity index (χ4v) is 3.93. The molecule has 36 heavy (non-hydrogen) atoms. The molecule has 1 saturated carbocycles. The highest BCUT2D eigenvalue weighted by molar-refractivity contribution is 5.06. The van der Waals surface area contributed by atoms with E-state index in [9.17, 15) is 0 Å². The van der Waals surface area contributed by atoms with Crippen LogP contribution in [0.2, 0.25) is 0 Å². The fraction of sp³-hybridized carbons (Fsp3) is 0.750. The van der Waals surface area contributed by atoms with Crippen LogP contribution in [0.15, 0.2) is 0 Å². The number of rotatable bonds is 18. The summed E-state index contributed by atoms with van der Waals surface area (Å²) >= 11 is 0. The Balaban J connectivity index is 3.76. The Morgan fingerprint density at radius 1 is 0.417 bits per heavy atom. The van der Waals surface area contributed by atoms with Crippen molar-refractivity contribution in [1.29, 1.82) is 31.6 Å². The second-order valence-electron chi connectivity index (χ2n) is 7.52. The molecule has 0 radical (unpaired) electrons. The molecule has 0 bridgehead atoms. The second-order valence-corrected chi connectivity index (χ2v) is 7.52. The van der Waals surface area contributed by atoms with Crippen LogP contribution in [0.3, 0.4) is 0 Å². The largest absolute Gasteiger partial charge is 0.344 e. The molecule has 1 aliphatic rings. The average molecular weight is 499 g/mol. The van der Waals surface area contributed by atoms with Gasteiger partial charge in [-0.1, -0.05) is 0 Å². The number of nitrogens with zero attached hydrogens (tertiary/aromatic N) is 6. The highest BCUT2D eigenvalue weighted by Gasteiger charge is 2.72. The average Bonchev–Trinajstić information content (AvgIpc) is 2.87. The molecule has 0 unspecified atom stereocenters. The van der Waals surface area contributed by atoms with Gasteiger partial charge >= 0.3 is 0 Å². The maximum atomic E-state index is 9.16. The van der Waals surface area contributed by atoms with Crippen LogP contribution in [0.1, 0.15) is 57.8 Å². The van der Waals surface area contributed by atoms with Crippen LogP contribution in [-0.4, -0.2) is 57.0 Å². The van der Waals surface area contributed by atoms with Crippen LogP contribution in [0.5, 0.6) is 0 Å². The quantitative estimate of drug-likeness (QED) is 0.198. The third kappa shape index (κ3) is 7.86. The summed E-state index contributed by atoms with van der Waals surface area (Å²) in [6, 6.07) is 11.9. The topological polar surface area (TPSA) is 198 Å². The highest BCUT2D eigenvalue weighted by atomic mass is 16.8. The van der Waals surface area contributed by atoms with Crippen LogP contribution in [0, 0.1) is 68.0 Å². The molecule has 0 aromatic carbocycles. The van der Waals surface area contributed by atoms with E-state index in [1.165, 1.54) is 0 Å². The van der Waals surface area contributed by atoms with Gasteiger partial charge in [0.15, 0.2) is 0 Å². The Hall–Kier alpha value is -3.30. The molecule has 12 nitrogen and oxygen atoms in total. The minimum Gasteiger partial charge on any atom is -0.344 e. The van der Waals surface area contributed by atoms with Crippen molar-refractivity contribution in [3.05, 3.63) is 0 Å². The maximum absolute atomic E-state index is 9.16. The molecular formula is C24H30N6O6. The van der Waals surface area contributed by atoms with Crippen LogP contribution in [-0.2, 0) is 28.4 Å². The Labute approximate surface area is 211 Å². The lowest BCUT2D eigenvalue weighted by molar-refractivity contribution is -0.509. The molecule has 0 heterocycles. The van der Waals surface area contributed by atoms with E-state index in [0.717, 1.165) is 0 Å². The molecule has 1 rings (SSSR count). The van der Waals surface area contributed by atoms with Crippen molar-refractivity contribution in [1.82, 2.24) is 0 Å². The summed E-state index contributed by atoms with van der Waals surface area (Å²) in [5.41, 5.74) is 0. The van der Waals surface area contributed by atoms with E-state index < -0.39 is 17.4 Å². The first-order valence-corrected chi connectivity index (χ1v) is 11.6. The Morgan fingerprint density at radius 3 is 0.917 bits per heavy atom. The fourth-order valence-electron chi connectivity index (χ4n) is 3.93. The lowest BCUT2D eigenvalue weighted by Gasteiger charge is -2.58. The van der Waals surface area contributed by atoms with Gasteiger partial charge in [0, 0.05) is 12.8 Å². The number of nitriles is 6. The lowest BCUT2D eigenvalue weighted by Crippen LogP contribution is -2.76. The molecule has 0 spiro atoms. The number of hydrogen-bond acceptors (Lipinski definition) is 12. The number of hydrogen-bond donors (Lipinski definition) is 0. The van der Waals surface area contributed by atoms with E-state index in [0.29, 0.717) is 6.42 Å². The van der Waals surface area contributed by atoms with E-state index in [4.69, 9.17) is 60.0 Å².